The molecule has 4 heteroatoms. The maximum absolute atomic E-state index is 10.1. The van der Waals surface area contributed by atoms with Crippen LogP contribution in [0.15, 0.2) is 12.0 Å². The van der Waals surface area contributed by atoms with Gasteiger partial charge in [0, 0.05) is 0 Å². The van der Waals surface area contributed by atoms with Gasteiger partial charge in [0.05, 0.1) is 0 Å². The van der Waals surface area contributed by atoms with Crippen molar-refractivity contribution in [1.29, 1.82) is 0 Å². The lowest BCUT2D eigenvalue weighted by molar-refractivity contribution is -0.138. The molecule has 0 spiro atoms. The summed E-state index contributed by atoms with van der Waals surface area (Å²) in [6.45, 7) is 3.48. The molecular formula is C6H11NO2S. The summed E-state index contributed by atoms with van der Waals surface area (Å²) in [5.41, 5.74) is 5.21. The number of thioether (sulfide) groups is 1. The smallest absolute Gasteiger partial charge is 0.320 e. The van der Waals surface area contributed by atoms with Gasteiger partial charge in [-0.05, 0) is 17.6 Å². The van der Waals surface area contributed by atoms with Crippen LogP contribution in [-0.2, 0) is 4.79 Å². The van der Waals surface area contributed by atoms with Crippen molar-refractivity contribution in [3.05, 3.63) is 12.0 Å². The summed E-state index contributed by atoms with van der Waals surface area (Å²) in [5.74, 6) is -0.221. The highest BCUT2D eigenvalue weighted by Crippen LogP contribution is 2.03. The van der Waals surface area contributed by atoms with Crippen molar-refractivity contribution in [2.45, 2.75) is 12.5 Å². The SMILES string of the molecule is C=CSCC[C@@H](N)C(=O)O. The Bertz CT molecular complexity index is 127. The normalized spacial score (nSPS) is 12.5. The quantitative estimate of drug-likeness (QED) is 0.581. The van der Waals surface area contributed by atoms with Crippen molar-refractivity contribution in [3.8, 4) is 0 Å². The van der Waals surface area contributed by atoms with Gasteiger partial charge in [-0.2, -0.15) is 0 Å². The second kappa shape index (κ2) is 5.32. The van der Waals surface area contributed by atoms with Crippen LogP contribution in [0.5, 0.6) is 0 Å². The van der Waals surface area contributed by atoms with E-state index in [4.69, 9.17) is 10.8 Å². The van der Waals surface area contributed by atoms with Crippen molar-refractivity contribution in [2.75, 3.05) is 5.75 Å². The molecule has 0 aliphatic heterocycles. The van der Waals surface area contributed by atoms with Gasteiger partial charge in [-0.25, -0.2) is 0 Å². The number of carbonyl (C=O) groups is 1. The number of carboxylic acid groups (broad SMARTS) is 1. The molecule has 58 valence electrons. The van der Waals surface area contributed by atoms with Crippen LogP contribution in [0.4, 0.5) is 0 Å². The highest BCUT2D eigenvalue weighted by molar-refractivity contribution is 8.02. The summed E-state index contributed by atoms with van der Waals surface area (Å²) in [7, 11) is 0. The highest BCUT2D eigenvalue weighted by Gasteiger charge is 2.09. The van der Waals surface area contributed by atoms with E-state index >= 15 is 0 Å². The lowest BCUT2D eigenvalue weighted by Gasteiger charge is -2.02. The Balaban J connectivity index is 3.30. The molecule has 3 N–H and O–H groups in total. The Hall–Kier alpha value is -0.480. The zero-order chi connectivity index (χ0) is 7.98. The molecule has 0 saturated heterocycles. The first-order chi connectivity index (χ1) is 4.68. The summed E-state index contributed by atoms with van der Waals surface area (Å²) in [6, 6.07) is -0.729. The highest BCUT2D eigenvalue weighted by atomic mass is 32.2. The van der Waals surface area contributed by atoms with Crippen LogP contribution in [0.2, 0.25) is 0 Å². The van der Waals surface area contributed by atoms with Crippen LogP contribution in [0.1, 0.15) is 6.42 Å². The maximum Gasteiger partial charge on any atom is 0.320 e. The van der Waals surface area contributed by atoms with Gasteiger partial charge in [0.25, 0.3) is 0 Å². The molecule has 0 rings (SSSR count). The molecule has 0 aromatic heterocycles. The van der Waals surface area contributed by atoms with Gasteiger partial charge in [-0.1, -0.05) is 6.58 Å². The minimum Gasteiger partial charge on any atom is -0.480 e. The number of nitrogens with two attached hydrogens (primary N) is 1. The second-order valence-electron chi connectivity index (χ2n) is 1.77. The fraction of sp³-hybridized carbons (Fsp3) is 0.500. The Kier molecular flexibility index (Phi) is 5.06. The first-order valence-electron chi connectivity index (χ1n) is 2.89. The molecule has 0 heterocycles. The third-order valence-corrected chi connectivity index (χ3v) is 1.69. The van der Waals surface area contributed by atoms with Crippen LogP contribution < -0.4 is 5.73 Å². The third kappa shape index (κ3) is 4.40. The van der Waals surface area contributed by atoms with Gasteiger partial charge in [0.2, 0.25) is 0 Å². The molecule has 0 unspecified atom stereocenters. The predicted molar refractivity (Wildman–Crippen MR) is 42.9 cm³/mol. The largest absolute Gasteiger partial charge is 0.480 e. The van der Waals surface area contributed by atoms with E-state index < -0.39 is 12.0 Å². The van der Waals surface area contributed by atoms with Gasteiger partial charge in [-0.15, -0.1) is 11.8 Å². The van der Waals surface area contributed by atoms with Crippen LogP contribution >= 0.6 is 11.8 Å². The van der Waals surface area contributed by atoms with Crippen molar-refractivity contribution in [1.82, 2.24) is 0 Å². The second-order valence-corrected chi connectivity index (χ2v) is 2.85. The van der Waals surface area contributed by atoms with Crippen LogP contribution in [0.3, 0.4) is 0 Å². The number of rotatable bonds is 5. The summed E-state index contributed by atoms with van der Waals surface area (Å²) < 4.78 is 0. The minimum absolute atomic E-state index is 0.492. The lowest BCUT2D eigenvalue weighted by Crippen LogP contribution is -2.30. The fourth-order valence-electron chi connectivity index (χ4n) is 0.402. The van der Waals surface area contributed by atoms with Crippen molar-refractivity contribution < 1.29 is 9.90 Å². The third-order valence-electron chi connectivity index (χ3n) is 0.982. The van der Waals surface area contributed by atoms with E-state index in [0.29, 0.717) is 6.42 Å². The molecular weight excluding hydrogens is 150 g/mol. The number of aliphatic carboxylic acids is 1. The molecule has 0 bridgehead atoms. The monoisotopic (exact) mass is 161 g/mol. The maximum atomic E-state index is 10.1. The van der Waals surface area contributed by atoms with Gasteiger partial charge in [-0.3, -0.25) is 4.79 Å². The molecule has 3 nitrogen and oxygen atoms in total. The molecule has 0 aromatic carbocycles. The average molecular weight is 161 g/mol. The van der Waals surface area contributed by atoms with E-state index in [0.717, 1.165) is 5.75 Å². The Morgan fingerprint density at radius 1 is 1.90 bits per heavy atom. The Morgan fingerprint density at radius 2 is 2.50 bits per heavy atom. The van der Waals surface area contributed by atoms with Gasteiger partial charge in [0.1, 0.15) is 6.04 Å². The van der Waals surface area contributed by atoms with Crippen molar-refractivity contribution in [2.24, 2.45) is 5.73 Å². The van der Waals surface area contributed by atoms with E-state index in [-0.39, 0.29) is 0 Å². The van der Waals surface area contributed by atoms with E-state index in [1.54, 1.807) is 5.41 Å². The summed E-state index contributed by atoms with van der Waals surface area (Å²) in [6.07, 6.45) is 0.492. The predicted octanol–water partition coefficient (Wildman–Crippen LogP) is 0.665. The number of carboxylic acids is 1. The summed E-state index contributed by atoms with van der Waals surface area (Å²) in [4.78, 5) is 10.1. The zero-order valence-corrected chi connectivity index (χ0v) is 6.43. The molecule has 10 heavy (non-hydrogen) atoms. The standard InChI is InChI=1S/C6H11NO2S/c1-2-10-4-3-5(7)6(8)9/h2,5H,1,3-4,7H2,(H,8,9)/t5-/m1/s1. The number of hydrogen-bond acceptors (Lipinski definition) is 3. The van der Waals surface area contributed by atoms with E-state index in [1.165, 1.54) is 11.8 Å². The van der Waals surface area contributed by atoms with Gasteiger partial charge in [0.15, 0.2) is 0 Å². The van der Waals surface area contributed by atoms with Gasteiger partial charge >= 0.3 is 5.97 Å². The minimum atomic E-state index is -0.940. The van der Waals surface area contributed by atoms with Crippen LogP contribution in [-0.4, -0.2) is 22.9 Å². The van der Waals surface area contributed by atoms with Crippen LogP contribution in [0.25, 0.3) is 0 Å². The molecule has 0 amide bonds. The van der Waals surface area contributed by atoms with Crippen molar-refractivity contribution in [3.63, 3.8) is 0 Å². The average Bonchev–Trinajstić information content (AvgIpc) is 1.88. The fourth-order valence-corrected chi connectivity index (χ4v) is 0.959. The van der Waals surface area contributed by atoms with Crippen molar-refractivity contribution >= 4 is 17.7 Å². The molecule has 1 atom stereocenters. The first-order valence-corrected chi connectivity index (χ1v) is 3.94. The van der Waals surface area contributed by atoms with Crippen LogP contribution in [0, 0.1) is 0 Å². The number of hydrogen-bond donors (Lipinski definition) is 2. The summed E-state index contributed by atoms with van der Waals surface area (Å²) in [5, 5.41) is 10.00. The molecule has 0 aromatic rings. The molecule has 0 fully saturated rings. The zero-order valence-electron chi connectivity index (χ0n) is 5.62. The Labute approximate surface area is 64.3 Å². The molecule has 0 saturated carbocycles. The Morgan fingerprint density at radius 3 is 2.90 bits per heavy atom. The van der Waals surface area contributed by atoms with E-state index in [9.17, 15) is 4.79 Å². The molecule has 0 aliphatic carbocycles. The van der Waals surface area contributed by atoms with Gasteiger partial charge < -0.3 is 10.8 Å². The topological polar surface area (TPSA) is 63.3 Å². The summed E-state index contributed by atoms with van der Waals surface area (Å²) >= 11 is 1.47. The lowest BCUT2D eigenvalue weighted by atomic mass is 10.2. The molecule has 0 aliphatic rings. The first kappa shape index (κ1) is 9.52. The molecule has 0 radical (unpaired) electrons. The van der Waals surface area contributed by atoms with E-state index in [2.05, 4.69) is 6.58 Å². The van der Waals surface area contributed by atoms with E-state index in [1.807, 2.05) is 0 Å².